The highest BCUT2D eigenvalue weighted by Crippen LogP contribution is 2.31. The number of nitrogens with zero attached hydrogens (tertiary/aromatic N) is 2. The summed E-state index contributed by atoms with van der Waals surface area (Å²) in [4.78, 5) is 8.39. The number of rotatable bonds is 6. The Kier molecular flexibility index (Phi) is 5.53. The summed E-state index contributed by atoms with van der Waals surface area (Å²) in [5, 5.41) is 0.341. The van der Waals surface area contributed by atoms with Gasteiger partial charge in [-0.15, -0.1) is 0 Å². The molecule has 1 aromatic carbocycles. The average Bonchev–Trinajstić information content (AvgIpc) is 2.47. The SMILES string of the molecule is CCC(C)c1ccccc1Oc1cc(Cl)nc(COC)n1. The zero-order chi connectivity index (χ0) is 15.2. The number of hydrogen-bond acceptors (Lipinski definition) is 4. The van der Waals surface area contributed by atoms with Gasteiger partial charge in [0.25, 0.3) is 0 Å². The molecule has 1 unspecified atom stereocenters. The number of aromatic nitrogens is 2. The molecular formula is C16H19ClN2O2. The van der Waals surface area contributed by atoms with Crippen molar-refractivity contribution in [1.29, 1.82) is 0 Å². The van der Waals surface area contributed by atoms with Crippen LogP contribution in [-0.4, -0.2) is 17.1 Å². The van der Waals surface area contributed by atoms with Gasteiger partial charge in [0.2, 0.25) is 5.88 Å². The Balaban J connectivity index is 2.30. The summed E-state index contributed by atoms with van der Waals surface area (Å²) in [6.45, 7) is 4.62. The number of para-hydroxylation sites is 1. The summed E-state index contributed by atoms with van der Waals surface area (Å²) in [5.74, 6) is 2.14. The molecule has 0 N–H and O–H groups in total. The van der Waals surface area contributed by atoms with Crippen LogP contribution in [0.4, 0.5) is 0 Å². The first kappa shape index (κ1) is 15.7. The first-order valence-electron chi connectivity index (χ1n) is 6.93. The van der Waals surface area contributed by atoms with Crippen molar-refractivity contribution in [3.05, 3.63) is 46.9 Å². The molecule has 0 saturated heterocycles. The topological polar surface area (TPSA) is 44.2 Å². The molecule has 21 heavy (non-hydrogen) atoms. The van der Waals surface area contributed by atoms with Gasteiger partial charge in [-0.3, -0.25) is 0 Å². The number of methoxy groups -OCH3 is 1. The smallest absolute Gasteiger partial charge is 0.224 e. The van der Waals surface area contributed by atoms with Gasteiger partial charge in [0, 0.05) is 13.2 Å². The minimum Gasteiger partial charge on any atom is -0.439 e. The summed E-state index contributed by atoms with van der Waals surface area (Å²) in [6, 6.07) is 9.57. The van der Waals surface area contributed by atoms with Crippen LogP contribution in [0.1, 0.15) is 37.6 Å². The van der Waals surface area contributed by atoms with E-state index in [9.17, 15) is 0 Å². The maximum atomic E-state index is 5.99. The van der Waals surface area contributed by atoms with Gasteiger partial charge in [-0.25, -0.2) is 4.98 Å². The second-order valence-corrected chi connectivity index (χ2v) is 5.21. The van der Waals surface area contributed by atoms with Crippen molar-refractivity contribution in [3.8, 4) is 11.6 Å². The van der Waals surface area contributed by atoms with Gasteiger partial charge in [0.05, 0.1) is 0 Å². The molecule has 4 nitrogen and oxygen atoms in total. The maximum absolute atomic E-state index is 5.99. The molecule has 0 aliphatic carbocycles. The molecular weight excluding hydrogens is 288 g/mol. The van der Waals surface area contributed by atoms with Crippen molar-refractivity contribution in [1.82, 2.24) is 9.97 Å². The Labute approximate surface area is 130 Å². The Morgan fingerprint density at radius 3 is 2.71 bits per heavy atom. The van der Waals surface area contributed by atoms with E-state index in [0.29, 0.717) is 29.4 Å². The zero-order valence-corrected chi connectivity index (χ0v) is 13.2. The summed E-state index contributed by atoms with van der Waals surface area (Å²) in [6.07, 6.45) is 1.04. The molecule has 1 aromatic heterocycles. The van der Waals surface area contributed by atoms with Crippen molar-refractivity contribution in [2.45, 2.75) is 32.8 Å². The normalized spacial score (nSPS) is 12.2. The third-order valence-corrected chi connectivity index (χ3v) is 3.46. The van der Waals surface area contributed by atoms with Gasteiger partial charge in [0.15, 0.2) is 5.82 Å². The number of halogens is 1. The van der Waals surface area contributed by atoms with E-state index in [4.69, 9.17) is 21.1 Å². The van der Waals surface area contributed by atoms with Crippen molar-refractivity contribution in [2.24, 2.45) is 0 Å². The molecule has 5 heteroatoms. The molecule has 0 saturated carbocycles. The number of ether oxygens (including phenoxy) is 2. The van der Waals surface area contributed by atoms with Gasteiger partial charge in [0.1, 0.15) is 17.5 Å². The predicted octanol–water partition coefficient (Wildman–Crippen LogP) is 4.58. The van der Waals surface area contributed by atoms with E-state index >= 15 is 0 Å². The number of benzene rings is 1. The van der Waals surface area contributed by atoms with Crippen molar-refractivity contribution in [3.63, 3.8) is 0 Å². The largest absolute Gasteiger partial charge is 0.439 e. The van der Waals surface area contributed by atoms with Crippen LogP contribution in [0.3, 0.4) is 0 Å². The van der Waals surface area contributed by atoms with Gasteiger partial charge in [-0.05, 0) is 24.0 Å². The third kappa shape index (κ3) is 4.16. The molecule has 1 heterocycles. The molecule has 0 aliphatic rings. The summed E-state index contributed by atoms with van der Waals surface area (Å²) in [5.41, 5.74) is 1.16. The highest BCUT2D eigenvalue weighted by Gasteiger charge is 2.12. The lowest BCUT2D eigenvalue weighted by Gasteiger charge is -2.15. The van der Waals surface area contributed by atoms with Crippen LogP contribution in [0.25, 0.3) is 0 Å². The molecule has 1 atom stereocenters. The van der Waals surface area contributed by atoms with E-state index in [2.05, 4.69) is 29.9 Å². The fraction of sp³-hybridized carbons (Fsp3) is 0.375. The first-order chi connectivity index (χ1) is 10.1. The Morgan fingerprint density at radius 2 is 2.00 bits per heavy atom. The van der Waals surface area contributed by atoms with Crippen molar-refractivity contribution >= 4 is 11.6 Å². The van der Waals surface area contributed by atoms with E-state index in [1.807, 2.05) is 18.2 Å². The van der Waals surface area contributed by atoms with E-state index in [1.165, 1.54) is 0 Å². The standard InChI is InChI=1S/C16H19ClN2O2/c1-4-11(2)12-7-5-6-8-13(12)21-16-9-14(17)18-15(19-16)10-20-3/h5-9,11H,4,10H2,1-3H3. The average molecular weight is 307 g/mol. The van der Waals surface area contributed by atoms with Crippen LogP contribution in [0, 0.1) is 0 Å². The predicted molar refractivity (Wildman–Crippen MR) is 83.0 cm³/mol. The monoisotopic (exact) mass is 306 g/mol. The first-order valence-corrected chi connectivity index (χ1v) is 7.31. The van der Waals surface area contributed by atoms with Crippen LogP contribution >= 0.6 is 11.6 Å². The lowest BCUT2D eigenvalue weighted by atomic mass is 9.98. The maximum Gasteiger partial charge on any atom is 0.224 e. The van der Waals surface area contributed by atoms with Crippen LogP contribution in [0.15, 0.2) is 30.3 Å². The van der Waals surface area contributed by atoms with Crippen LogP contribution < -0.4 is 4.74 Å². The third-order valence-electron chi connectivity index (χ3n) is 3.27. The molecule has 0 fully saturated rings. The quantitative estimate of drug-likeness (QED) is 0.733. The molecule has 112 valence electrons. The zero-order valence-electron chi connectivity index (χ0n) is 12.5. The summed E-state index contributed by atoms with van der Waals surface area (Å²) in [7, 11) is 1.59. The lowest BCUT2D eigenvalue weighted by Crippen LogP contribution is -2.01. The highest BCUT2D eigenvalue weighted by molar-refractivity contribution is 6.29. The second kappa shape index (κ2) is 7.38. The fourth-order valence-electron chi connectivity index (χ4n) is 2.00. The molecule has 0 bridgehead atoms. The van der Waals surface area contributed by atoms with E-state index in [-0.39, 0.29) is 0 Å². The van der Waals surface area contributed by atoms with E-state index in [1.54, 1.807) is 13.2 Å². The Morgan fingerprint density at radius 1 is 1.24 bits per heavy atom. The fourth-order valence-corrected chi connectivity index (χ4v) is 2.19. The molecule has 2 aromatic rings. The van der Waals surface area contributed by atoms with Crippen LogP contribution in [-0.2, 0) is 11.3 Å². The molecule has 0 radical (unpaired) electrons. The van der Waals surface area contributed by atoms with Gasteiger partial charge in [-0.1, -0.05) is 43.6 Å². The van der Waals surface area contributed by atoms with Crippen molar-refractivity contribution < 1.29 is 9.47 Å². The Hall–Kier alpha value is -1.65. The van der Waals surface area contributed by atoms with Crippen molar-refractivity contribution in [2.75, 3.05) is 7.11 Å². The number of hydrogen-bond donors (Lipinski definition) is 0. The lowest BCUT2D eigenvalue weighted by molar-refractivity contribution is 0.177. The second-order valence-electron chi connectivity index (χ2n) is 4.83. The Bertz CT molecular complexity index is 605. The molecule has 0 amide bonds. The highest BCUT2D eigenvalue weighted by atomic mass is 35.5. The van der Waals surface area contributed by atoms with Crippen LogP contribution in [0.5, 0.6) is 11.6 Å². The molecule has 0 spiro atoms. The summed E-state index contributed by atoms with van der Waals surface area (Å²) < 4.78 is 10.9. The summed E-state index contributed by atoms with van der Waals surface area (Å²) >= 11 is 5.99. The van der Waals surface area contributed by atoms with E-state index < -0.39 is 0 Å². The molecule has 0 aliphatic heterocycles. The van der Waals surface area contributed by atoms with Crippen LogP contribution in [0.2, 0.25) is 5.15 Å². The van der Waals surface area contributed by atoms with Gasteiger partial charge >= 0.3 is 0 Å². The van der Waals surface area contributed by atoms with Gasteiger partial charge < -0.3 is 9.47 Å². The van der Waals surface area contributed by atoms with E-state index in [0.717, 1.165) is 17.7 Å². The molecule has 2 rings (SSSR count). The van der Waals surface area contributed by atoms with Gasteiger partial charge in [-0.2, -0.15) is 4.98 Å². The minimum atomic E-state index is 0.296. The minimum absolute atomic E-state index is 0.296.